The van der Waals surface area contributed by atoms with Crippen LogP contribution in [0.4, 0.5) is 5.69 Å². The number of nitrogens with one attached hydrogen (secondary N) is 1. The molecule has 0 fully saturated rings. The number of methoxy groups -OCH3 is 2. The molecule has 0 amide bonds. The van der Waals surface area contributed by atoms with Crippen LogP contribution in [0.15, 0.2) is 36.4 Å². The molecule has 136 valence electrons. The fourth-order valence-corrected chi connectivity index (χ4v) is 4.93. The van der Waals surface area contributed by atoms with E-state index >= 15 is 0 Å². The molecule has 26 heavy (non-hydrogen) atoms. The molecule has 6 heteroatoms. The zero-order valence-electron chi connectivity index (χ0n) is 14.4. The lowest BCUT2D eigenvalue weighted by molar-refractivity contribution is 0.341. The fraction of sp³-hybridized carbons (Fsp3) is 0.300. The Kier molecular flexibility index (Phi) is 4.72. The Labute approximate surface area is 167 Å². The van der Waals surface area contributed by atoms with Gasteiger partial charge in [0.2, 0.25) is 0 Å². The van der Waals surface area contributed by atoms with Crippen molar-refractivity contribution in [2.45, 2.75) is 18.4 Å². The first-order valence-electron chi connectivity index (χ1n) is 8.38. The second kappa shape index (κ2) is 6.88. The van der Waals surface area contributed by atoms with Crippen molar-refractivity contribution in [1.29, 1.82) is 0 Å². The Bertz CT molecular complexity index is 897. The molecule has 1 aliphatic heterocycles. The van der Waals surface area contributed by atoms with Crippen LogP contribution in [0.1, 0.15) is 29.5 Å². The molecule has 4 rings (SSSR count). The summed E-state index contributed by atoms with van der Waals surface area (Å²) in [6, 6.07) is 7.64. The summed E-state index contributed by atoms with van der Waals surface area (Å²) in [5.74, 6) is 1.88. The highest BCUT2D eigenvalue weighted by Gasteiger charge is 2.41. The first-order valence-corrected chi connectivity index (χ1v) is 9.51. The second-order valence-electron chi connectivity index (χ2n) is 6.50. The first kappa shape index (κ1) is 17.8. The molecule has 1 aliphatic carbocycles. The number of para-hydroxylation sites is 1. The summed E-state index contributed by atoms with van der Waals surface area (Å²) >= 11 is 19.3. The minimum Gasteiger partial charge on any atom is -0.493 e. The van der Waals surface area contributed by atoms with E-state index in [1.807, 2.05) is 12.1 Å². The summed E-state index contributed by atoms with van der Waals surface area (Å²) in [7, 11) is 3.30. The molecule has 3 nitrogen and oxygen atoms in total. The molecular weight excluding hydrogens is 393 g/mol. The number of fused-ring (bicyclic) bond motifs is 3. The van der Waals surface area contributed by atoms with Gasteiger partial charge in [0.15, 0.2) is 11.5 Å². The molecular formula is C20H18Cl3NO2. The lowest BCUT2D eigenvalue weighted by Gasteiger charge is -2.39. The van der Waals surface area contributed by atoms with Crippen molar-refractivity contribution in [3.63, 3.8) is 0 Å². The summed E-state index contributed by atoms with van der Waals surface area (Å²) in [5.41, 5.74) is 2.85. The van der Waals surface area contributed by atoms with Gasteiger partial charge in [-0.05, 0) is 24.5 Å². The summed E-state index contributed by atoms with van der Waals surface area (Å²) in [6.45, 7) is 0. The second-order valence-corrected chi connectivity index (χ2v) is 7.69. The molecule has 0 saturated heterocycles. The SMILES string of the molecule is COc1cccc([C@@H]2Nc3c(Cl)cc(Cl)c(Cl)c3[C@@H]3C=CC[C@@H]32)c1OC. The van der Waals surface area contributed by atoms with Crippen LogP contribution < -0.4 is 14.8 Å². The number of rotatable bonds is 3. The number of benzene rings is 2. The van der Waals surface area contributed by atoms with Crippen LogP contribution >= 0.6 is 34.8 Å². The Hall–Kier alpha value is -1.55. The maximum absolute atomic E-state index is 6.54. The summed E-state index contributed by atoms with van der Waals surface area (Å²) < 4.78 is 11.1. The smallest absolute Gasteiger partial charge is 0.165 e. The van der Waals surface area contributed by atoms with Gasteiger partial charge < -0.3 is 14.8 Å². The summed E-state index contributed by atoms with van der Waals surface area (Å²) in [5, 5.41) is 5.21. The Morgan fingerprint density at radius 3 is 2.62 bits per heavy atom. The van der Waals surface area contributed by atoms with E-state index in [1.54, 1.807) is 20.3 Å². The van der Waals surface area contributed by atoms with Crippen molar-refractivity contribution < 1.29 is 9.47 Å². The Morgan fingerprint density at radius 1 is 1.08 bits per heavy atom. The molecule has 2 aliphatic rings. The van der Waals surface area contributed by atoms with Crippen LogP contribution in [0.2, 0.25) is 15.1 Å². The molecule has 3 atom stereocenters. The number of ether oxygens (including phenoxy) is 2. The van der Waals surface area contributed by atoms with Crippen LogP contribution in [0.3, 0.4) is 0 Å². The topological polar surface area (TPSA) is 30.5 Å². The number of hydrogen-bond donors (Lipinski definition) is 1. The zero-order valence-corrected chi connectivity index (χ0v) is 16.6. The molecule has 0 radical (unpaired) electrons. The minimum atomic E-state index is 0.0160. The van der Waals surface area contributed by atoms with Crippen molar-refractivity contribution in [2.24, 2.45) is 5.92 Å². The van der Waals surface area contributed by atoms with Crippen LogP contribution in [0.25, 0.3) is 0 Å². The van der Waals surface area contributed by atoms with Gasteiger partial charge in [-0.25, -0.2) is 0 Å². The number of halogens is 3. The lowest BCUT2D eigenvalue weighted by atomic mass is 9.76. The predicted molar refractivity (Wildman–Crippen MR) is 107 cm³/mol. The van der Waals surface area contributed by atoms with E-state index in [-0.39, 0.29) is 17.9 Å². The zero-order chi connectivity index (χ0) is 18.4. The largest absolute Gasteiger partial charge is 0.493 e. The lowest BCUT2D eigenvalue weighted by Crippen LogP contribution is -2.30. The van der Waals surface area contributed by atoms with Crippen molar-refractivity contribution in [1.82, 2.24) is 0 Å². The molecule has 0 aromatic heterocycles. The van der Waals surface area contributed by atoms with Gasteiger partial charge in [-0.15, -0.1) is 0 Å². The van der Waals surface area contributed by atoms with Crippen molar-refractivity contribution >= 4 is 40.5 Å². The normalized spacial score (nSPS) is 23.2. The standard InChI is InChI=1S/C20H18Cl3NO2/c1-25-15-8-4-7-12(20(15)26-2)18-11-6-3-5-10(11)16-17(23)13(21)9-14(22)19(16)24-18/h3-5,7-11,18,24H,6H2,1-2H3/t10-,11+,18-/m1/s1. The third kappa shape index (κ3) is 2.65. The quantitative estimate of drug-likeness (QED) is 0.463. The van der Waals surface area contributed by atoms with Gasteiger partial charge in [0.1, 0.15) is 0 Å². The summed E-state index contributed by atoms with van der Waals surface area (Å²) in [6.07, 6.45) is 5.32. The van der Waals surface area contributed by atoms with Gasteiger partial charge in [-0.2, -0.15) is 0 Å². The molecule has 2 aromatic rings. The van der Waals surface area contributed by atoms with Crippen molar-refractivity contribution in [3.8, 4) is 11.5 Å². The van der Waals surface area contributed by atoms with Gasteiger partial charge in [-0.3, -0.25) is 0 Å². The number of anilines is 1. The summed E-state index contributed by atoms with van der Waals surface area (Å²) in [4.78, 5) is 0. The van der Waals surface area contributed by atoms with Crippen LogP contribution in [0, 0.1) is 5.92 Å². The van der Waals surface area contributed by atoms with E-state index in [4.69, 9.17) is 44.3 Å². The molecule has 0 spiro atoms. The van der Waals surface area contributed by atoms with Crippen LogP contribution in [0.5, 0.6) is 11.5 Å². The fourth-order valence-electron chi connectivity index (χ4n) is 4.13. The maximum Gasteiger partial charge on any atom is 0.165 e. The third-order valence-corrected chi connectivity index (χ3v) is 6.35. The average Bonchev–Trinajstić information content (AvgIpc) is 3.14. The molecule has 1 N–H and O–H groups in total. The predicted octanol–water partition coefficient (Wildman–Crippen LogP) is 6.49. The van der Waals surface area contributed by atoms with Gasteiger partial charge >= 0.3 is 0 Å². The van der Waals surface area contributed by atoms with Crippen LogP contribution in [-0.2, 0) is 0 Å². The van der Waals surface area contributed by atoms with Gasteiger partial charge in [0, 0.05) is 17.0 Å². The highest BCUT2D eigenvalue weighted by atomic mass is 35.5. The number of allylic oxidation sites excluding steroid dienone is 2. The first-order chi connectivity index (χ1) is 12.6. The van der Waals surface area contributed by atoms with Gasteiger partial charge in [0.05, 0.1) is 41.0 Å². The van der Waals surface area contributed by atoms with E-state index in [0.717, 1.165) is 29.0 Å². The third-order valence-electron chi connectivity index (χ3n) is 5.25. The monoisotopic (exact) mass is 409 g/mol. The van der Waals surface area contributed by atoms with Gasteiger partial charge in [0.25, 0.3) is 0 Å². The molecule has 0 unspecified atom stereocenters. The minimum absolute atomic E-state index is 0.0160. The number of hydrogen-bond acceptors (Lipinski definition) is 3. The molecule has 0 bridgehead atoms. The molecule has 0 saturated carbocycles. The highest BCUT2D eigenvalue weighted by molar-refractivity contribution is 6.44. The molecule has 2 aromatic carbocycles. The van der Waals surface area contributed by atoms with E-state index in [9.17, 15) is 0 Å². The van der Waals surface area contributed by atoms with Crippen molar-refractivity contribution in [3.05, 3.63) is 62.6 Å². The van der Waals surface area contributed by atoms with E-state index < -0.39 is 0 Å². The van der Waals surface area contributed by atoms with E-state index in [1.165, 1.54) is 0 Å². The highest BCUT2D eigenvalue weighted by Crippen LogP contribution is 2.56. The van der Waals surface area contributed by atoms with E-state index in [0.29, 0.717) is 20.8 Å². The van der Waals surface area contributed by atoms with Crippen LogP contribution in [-0.4, -0.2) is 14.2 Å². The van der Waals surface area contributed by atoms with E-state index in [2.05, 4.69) is 23.5 Å². The average molecular weight is 411 g/mol. The Morgan fingerprint density at radius 2 is 1.88 bits per heavy atom. The van der Waals surface area contributed by atoms with Gasteiger partial charge in [-0.1, -0.05) is 59.1 Å². The Balaban J connectivity index is 1.88. The molecule has 1 heterocycles. The van der Waals surface area contributed by atoms with Crippen molar-refractivity contribution in [2.75, 3.05) is 19.5 Å². The maximum atomic E-state index is 6.54.